The van der Waals surface area contributed by atoms with Crippen LogP contribution in [0.5, 0.6) is 0 Å². The Labute approximate surface area is 108 Å². The highest BCUT2D eigenvalue weighted by Gasteiger charge is 2.16. The van der Waals surface area contributed by atoms with E-state index in [1.165, 1.54) is 17.0 Å². The molecule has 0 aromatic carbocycles. The van der Waals surface area contributed by atoms with Crippen molar-refractivity contribution in [1.82, 2.24) is 15.3 Å². The smallest absolute Gasteiger partial charge is 0.138 e. The molecule has 0 bridgehead atoms. The first kappa shape index (κ1) is 12.8. The first-order valence-electron chi connectivity index (χ1n) is 6.40. The summed E-state index contributed by atoms with van der Waals surface area (Å²) in [6, 6.07) is 0. The number of aryl methyl sites for hydroxylation is 1. The highest BCUT2D eigenvalue weighted by molar-refractivity contribution is 7.99. The van der Waals surface area contributed by atoms with E-state index >= 15 is 0 Å². The van der Waals surface area contributed by atoms with Gasteiger partial charge in [0, 0.05) is 12.2 Å². The second-order valence-electron chi connectivity index (χ2n) is 4.65. The minimum Gasteiger partial charge on any atom is -0.311 e. The fourth-order valence-corrected chi connectivity index (χ4v) is 2.70. The van der Waals surface area contributed by atoms with Crippen molar-refractivity contribution in [3.8, 4) is 0 Å². The van der Waals surface area contributed by atoms with Gasteiger partial charge in [0.05, 0.1) is 11.4 Å². The zero-order valence-corrected chi connectivity index (χ0v) is 11.7. The predicted molar refractivity (Wildman–Crippen MR) is 73.3 cm³/mol. The predicted octanol–water partition coefficient (Wildman–Crippen LogP) is 2.33. The van der Waals surface area contributed by atoms with E-state index in [9.17, 15) is 0 Å². The highest BCUT2D eigenvalue weighted by atomic mass is 32.2. The van der Waals surface area contributed by atoms with E-state index < -0.39 is 0 Å². The van der Waals surface area contributed by atoms with Gasteiger partial charge in [0.15, 0.2) is 0 Å². The van der Waals surface area contributed by atoms with Crippen LogP contribution in [-0.2, 0) is 25.1 Å². The van der Waals surface area contributed by atoms with Crippen molar-refractivity contribution in [2.75, 3.05) is 6.54 Å². The maximum Gasteiger partial charge on any atom is 0.138 e. The summed E-state index contributed by atoms with van der Waals surface area (Å²) in [4.78, 5) is 9.42. The quantitative estimate of drug-likeness (QED) is 0.891. The van der Waals surface area contributed by atoms with Gasteiger partial charge in [-0.15, -0.1) is 0 Å². The summed E-state index contributed by atoms with van der Waals surface area (Å²) in [6.45, 7) is 8.58. The Balaban J connectivity index is 2.23. The molecule has 4 heteroatoms. The molecular formula is C13H21N3S. The summed E-state index contributed by atoms with van der Waals surface area (Å²) in [7, 11) is 0. The van der Waals surface area contributed by atoms with E-state index in [0.717, 1.165) is 37.5 Å². The number of hydrogen-bond donors (Lipinski definition) is 1. The number of nitrogens with one attached hydrogen (secondary N) is 1. The van der Waals surface area contributed by atoms with Crippen LogP contribution in [0.2, 0.25) is 0 Å². The van der Waals surface area contributed by atoms with Crippen molar-refractivity contribution in [1.29, 1.82) is 0 Å². The van der Waals surface area contributed by atoms with Crippen molar-refractivity contribution in [3.05, 3.63) is 22.8 Å². The molecule has 0 unspecified atom stereocenters. The Morgan fingerprint density at radius 1 is 1.35 bits per heavy atom. The molecule has 0 saturated heterocycles. The third-order valence-electron chi connectivity index (χ3n) is 2.95. The summed E-state index contributed by atoms with van der Waals surface area (Å²) in [5, 5.41) is 4.02. The number of thioether (sulfide) groups is 1. The topological polar surface area (TPSA) is 37.8 Å². The van der Waals surface area contributed by atoms with Crippen LogP contribution in [0.3, 0.4) is 0 Å². The third-order valence-corrected chi connectivity index (χ3v) is 4.04. The molecule has 17 heavy (non-hydrogen) atoms. The summed E-state index contributed by atoms with van der Waals surface area (Å²) >= 11 is 1.91. The molecule has 3 nitrogen and oxygen atoms in total. The second-order valence-corrected chi connectivity index (χ2v) is 6.22. The van der Waals surface area contributed by atoms with Crippen molar-refractivity contribution in [2.45, 2.75) is 51.2 Å². The Kier molecular flexibility index (Phi) is 4.40. The van der Waals surface area contributed by atoms with Crippen LogP contribution in [0.25, 0.3) is 0 Å². The Hall–Kier alpha value is -0.610. The molecule has 1 aliphatic rings. The van der Waals surface area contributed by atoms with Crippen LogP contribution in [0.4, 0.5) is 0 Å². The number of hydrogen-bond acceptors (Lipinski definition) is 4. The summed E-state index contributed by atoms with van der Waals surface area (Å²) in [5.74, 6) is 1.93. The van der Waals surface area contributed by atoms with Gasteiger partial charge in [-0.2, -0.15) is 11.8 Å². The molecule has 2 heterocycles. The number of fused-ring (bicyclic) bond motifs is 1. The van der Waals surface area contributed by atoms with Gasteiger partial charge in [0.25, 0.3) is 0 Å². The molecule has 1 aromatic rings. The fourth-order valence-electron chi connectivity index (χ4n) is 2.09. The van der Waals surface area contributed by atoms with E-state index in [4.69, 9.17) is 9.97 Å². The average molecular weight is 251 g/mol. The molecule has 2 rings (SSSR count). The number of rotatable bonds is 4. The minimum atomic E-state index is 0.637. The van der Waals surface area contributed by atoms with Crippen molar-refractivity contribution >= 4 is 11.8 Å². The maximum absolute atomic E-state index is 4.72. The molecule has 0 saturated carbocycles. The molecule has 94 valence electrons. The van der Waals surface area contributed by atoms with E-state index in [2.05, 4.69) is 26.1 Å². The van der Waals surface area contributed by atoms with Crippen LogP contribution < -0.4 is 5.32 Å². The lowest BCUT2D eigenvalue weighted by molar-refractivity contribution is 0.611. The van der Waals surface area contributed by atoms with Gasteiger partial charge in [0.1, 0.15) is 5.82 Å². The van der Waals surface area contributed by atoms with Gasteiger partial charge in [0.2, 0.25) is 0 Å². The van der Waals surface area contributed by atoms with Crippen LogP contribution in [0.15, 0.2) is 0 Å². The molecule has 1 N–H and O–H groups in total. The lowest BCUT2D eigenvalue weighted by Gasteiger charge is -2.19. The van der Waals surface area contributed by atoms with Gasteiger partial charge in [-0.05, 0) is 30.2 Å². The molecule has 0 atom stereocenters. The molecular weight excluding hydrogens is 230 g/mol. The second kappa shape index (κ2) is 5.83. The lowest BCUT2D eigenvalue weighted by atomic mass is 10.0. The van der Waals surface area contributed by atoms with Crippen molar-refractivity contribution in [2.24, 2.45) is 0 Å². The average Bonchev–Trinajstić information content (AvgIpc) is 2.35. The number of aromatic nitrogens is 2. The zero-order chi connectivity index (χ0) is 12.3. The Morgan fingerprint density at radius 3 is 2.88 bits per heavy atom. The molecule has 0 radical (unpaired) electrons. The Bertz CT molecular complexity index is 373. The molecule has 1 aromatic heterocycles. The maximum atomic E-state index is 4.72. The molecule has 1 aliphatic heterocycles. The van der Waals surface area contributed by atoms with Crippen LogP contribution in [0, 0.1) is 0 Å². The fraction of sp³-hybridized carbons (Fsp3) is 0.692. The lowest BCUT2D eigenvalue weighted by Crippen LogP contribution is -2.27. The first-order valence-corrected chi connectivity index (χ1v) is 7.45. The summed E-state index contributed by atoms with van der Waals surface area (Å²) < 4.78 is 0. The van der Waals surface area contributed by atoms with Gasteiger partial charge >= 0.3 is 0 Å². The van der Waals surface area contributed by atoms with Gasteiger partial charge in [-0.1, -0.05) is 20.8 Å². The van der Waals surface area contributed by atoms with Gasteiger partial charge < -0.3 is 5.32 Å². The molecule has 0 fully saturated rings. The molecule has 0 amide bonds. The van der Waals surface area contributed by atoms with E-state index in [1.807, 2.05) is 11.8 Å². The first-order chi connectivity index (χ1) is 8.20. The van der Waals surface area contributed by atoms with E-state index in [0.29, 0.717) is 5.25 Å². The molecule has 0 spiro atoms. The standard InChI is InChI=1S/C13H21N3S/c1-4-11-10-5-6-14-7-12(10)16-13(15-11)8-17-9(2)3/h9,14H,4-8H2,1-3H3. The SMILES string of the molecule is CCc1nc(CSC(C)C)nc2c1CCNC2. The van der Waals surface area contributed by atoms with Crippen molar-refractivity contribution in [3.63, 3.8) is 0 Å². The Morgan fingerprint density at radius 2 is 2.18 bits per heavy atom. The third kappa shape index (κ3) is 3.19. The largest absolute Gasteiger partial charge is 0.311 e. The highest BCUT2D eigenvalue weighted by Crippen LogP contribution is 2.20. The van der Waals surface area contributed by atoms with Crippen molar-refractivity contribution < 1.29 is 0 Å². The normalized spacial score (nSPS) is 15.1. The van der Waals surface area contributed by atoms with Gasteiger partial charge in [-0.25, -0.2) is 9.97 Å². The number of nitrogens with zero attached hydrogens (tertiary/aromatic N) is 2. The summed E-state index contributed by atoms with van der Waals surface area (Å²) in [6.07, 6.45) is 2.10. The van der Waals surface area contributed by atoms with Gasteiger partial charge in [-0.3, -0.25) is 0 Å². The van der Waals surface area contributed by atoms with E-state index in [1.54, 1.807) is 0 Å². The summed E-state index contributed by atoms with van der Waals surface area (Å²) in [5.41, 5.74) is 3.88. The zero-order valence-electron chi connectivity index (χ0n) is 10.9. The van der Waals surface area contributed by atoms with Crippen LogP contribution in [-0.4, -0.2) is 21.8 Å². The molecule has 0 aliphatic carbocycles. The van der Waals surface area contributed by atoms with Crippen LogP contribution in [0.1, 0.15) is 43.5 Å². The monoisotopic (exact) mass is 251 g/mol. The van der Waals surface area contributed by atoms with E-state index in [-0.39, 0.29) is 0 Å². The minimum absolute atomic E-state index is 0.637. The van der Waals surface area contributed by atoms with Crippen LogP contribution >= 0.6 is 11.8 Å².